The van der Waals surface area contributed by atoms with E-state index in [4.69, 9.17) is 21.7 Å². The van der Waals surface area contributed by atoms with Crippen LogP contribution in [0.5, 0.6) is 11.5 Å². The summed E-state index contributed by atoms with van der Waals surface area (Å²) in [6, 6.07) is 21.7. The Morgan fingerprint density at radius 2 is 1.79 bits per heavy atom. The summed E-state index contributed by atoms with van der Waals surface area (Å²) in [7, 11) is 0. The number of aromatic nitrogens is 1. The Morgan fingerprint density at radius 1 is 1.00 bits per heavy atom. The zero-order valence-electron chi connectivity index (χ0n) is 19.1. The molecule has 34 heavy (non-hydrogen) atoms. The topological polar surface area (TPSA) is 66.6 Å². The van der Waals surface area contributed by atoms with Gasteiger partial charge in [0.25, 0.3) is 5.56 Å². The smallest absolute Gasteiger partial charge is 0.253 e. The standard InChI is InChI=1S/C27H25N3O3S/c1-17-10-18(2)25-20(11-17)13-21(26(31)29-25)15-30(27(34)28-22-6-4-3-5-7-22)14-19-8-9-23-24(12-19)33-16-32-23/h3-13H,14-16H2,1-2H3,(H,28,34)(H,29,31). The maximum absolute atomic E-state index is 13.0. The highest BCUT2D eigenvalue weighted by atomic mass is 32.1. The number of nitrogens with one attached hydrogen (secondary N) is 2. The first-order valence-corrected chi connectivity index (χ1v) is 11.5. The number of anilines is 1. The molecule has 2 N–H and O–H groups in total. The molecule has 172 valence electrons. The Morgan fingerprint density at radius 3 is 2.62 bits per heavy atom. The normalized spacial score (nSPS) is 12.1. The van der Waals surface area contributed by atoms with Crippen LogP contribution >= 0.6 is 12.2 Å². The number of ether oxygens (including phenoxy) is 2. The predicted molar refractivity (Wildman–Crippen MR) is 139 cm³/mol. The van der Waals surface area contributed by atoms with E-state index in [-0.39, 0.29) is 12.4 Å². The molecule has 2 heterocycles. The van der Waals surface area contributed by atoms with Crippen LogP contribution in [0, 0.1) is 13.8 Å². The average Bonchev–Trinajstić information content (AvgIpc) is 3.28. The number of aromatic amines is 1. The highest BCUT2D eigenvalue weighted by molar-refractivity contribution is 7.80. The highest BCUT2D eigenvalue weighted by Crippen LogP contribution is 2.33. The zero-order valence-corrected chi connectivity index (χ0v) is 19.9. The molecule has 1 aliphatic rings. The molecule has 0 saturated heterocycles. The summed E-state index contributed by atoms with van der Waals surface area (Å²) in [5, 5.41) is 4.84. The van der Waals surface area contributed by atoms with Crippen LogP contribution in [0.15, 0.2) is 71.5 Å². The van der Waals surface area contributed by atoms with E-state index in [1.165, 1.54) is 0 Å². The zero-order chi connectivity index (χ0) is 23.7. The largest absolute Gasteiger partial charge is 0.454 e. The number of pyridine rings is 1. The third-order valence-electron chi connectivity index (χ3n) is 5.85. The molecule has 1 aromatic heterocycles. The molecular weight excluding hydrogens is 446 g/mol. The molecule has 0 bridgehead atoms. The fraction of sp³-hybridized carbons (Fsp3) is 0.185. The molecule has 0 saturated carbocycles. The van der Waals surface area contributed by atoms with Crippen molar-refractivity contribution in [3.8, 4) is 11.5 Å². The van der Waals surface area contributed by atoms with Crippen LogP contribution < -0.4 is 20.3 Å². The van der Waals surface area contributed by atoms with Gasteiger partial charge in [-0.05, 0) is 79.0 Å². The van der Waals surface area contributed by atoms with Gasteiger partial charge in [-0.25, -0.2) is 0 Å². The fourth-order valence-corrected chi connectivity index (χ4v) is 4.49. The van der Waals surface area contributed by atoms with E-state index in [1.807, 2.05) is 66.4 Å². The minimum atomic E-state index is -0.113. The monoisotopic (exact) mass is 471 g/mol. The number of hydrogen-bond donors (Lipinski definition) is 2. The number of aryl methyl sites for hydroxylation is 2. The maximum atomic E-state index is 13.0. The van der Waals surface area contributed by atoms with Gasteiger partial charge in [-0.15, -0.1) is 0 Å². The first-order chi connectivity index (χ1) is 16.5. The van der Waals surface area contributed by atoms with Crippen LogP contribution in [0.25, 0.3) is 10.9 Å². The number of nitrogens with zero attached hydrogens (tertiary/aromatic N) is 1. The summed E-state index contributed by atoms with van der Waals surface area (Å²) in [6.45, 7) is 5.14. The van der Waals surface area contributed by atoms with Crippen molar-refractivity contribution in [2.24, 2.45) is 0 Å². The summed E-state index contributed by atoms with van der Waals surface area (Å²) < 4.78 is 11.0. The second-order valence-corrected chi connectivity index (χ2v) is 8.90. The molecule has 3 aromatic carbocycles. The summed E-state index contributed by atoms with van der Waals surface area (Å²) in [6.07, 6.45) is 0. The molecule has 0 aliphatic carbocycles. The van der Waals surface area contributed by atoms with Crippen molar-refractivity contribution in [3.05, 3.63) is 99.3 Å². The van der Waals surface area contributed by atoms with Crippen LogP contribution in [0.1, 0.15) is 22.3 Å². The second-order valence-electron chi connectivity index (χ2n) is 8.51. The number of rotatable bonds is 5. The minimum Gasteiger partial charge on any atom is -0.454 e. The van der Waals surface area contributed by atoms with Crippen molar-refractivity contribution >= 4 is 33.9 Å². The van der Waals surface area contributed by atoms with Crippen LogP contribution in [0.4, 0.5) is 5.69 Å². The number of para-hydroxylation sites is 1. The van der Waals surface area contributed by atoms with Crippen molar-refractivity contribution in [2.75, 3.05) is 12.1 Å². The molecule has 0 amide bonds. The van der Waals surface area contributed by atoms with Crippen LogP contribution in [0.2, 0.25) is 0 Å². The lowest BCUT2D eigenvalue weighted by atomic mass is 10.0. The molecule has 7 heteroatoms. The summed E-state index contributed by atoms with van der Waals surface area (Å²) in [5.74, 6) is 1.45. The number of benzene rings is 3. The van der Waals surface area contributed by atoms with Gasteiger partial charge < -0.3 is 24.7 Å². The fourth-order valence-electron chi connectivity index (χ4n) is 4.24. The SMILES string of the molecule is Cc1cc(C)c2[nH]c(=O)c(CN(Cc3ccc4c(c3)OCO4)C(=S)Nc3ccccc3)cc2c1. The Kier molecular flexibility index (Phi) is 5.94. The summed E-state index contributed by atoms with van der Waals surface area (Å²) in [4.78, 5) is 18.1. The van der Waals surface area contributed by atoms with Crippen LogP contribution in [-0.4, -0.2) is 21.8 Å². The third kappa shape index (κ3) is 4.61. The molecule has 0 unspecified atom stereocenters. The Hall–Kier alpha value is -3.84. The quantitative estimate of drug-likeness (QED) is 0.387. The average molecular weight is 472 g/mol. The second kappa shape index (κ2) is 9.19. The van der Waals surface area contributed by atoms with Crippen molar-refractivity contribution in [3.63, 3.8) is 0 Å². The van der Waals surface area contributed by atoms with E-state index < -0.39 is 0 Å². The van der Waals surface area contributed by atoms with Crippen molar-refractivity contribution in [1.29, 1.82) is 0 Å². The number of H-pyrrole nitrogens is 1. The van der Waals surface area contributed by atoms with E-state index in [9.17, 15) is 4.79 Å². The number of hydrogen-bond acceptors (Lipinski definition) is 4. The first kappa shape index (κ1) is 22.0. The van der Waals surface area contributed by atoms with E-state index in [0.29, 0.717) is 29.5 Å². The van der Waals surface area contributed by atoms with Crippen LogP contribution in [0.3, 0.4) is 0 Å². The lowest BCUT2D eigenvalue weighted by Gasteiger charge is -2.26. The molecule has 5 rings (SSSR count). The van der Waals surface area contributed by atoms with Gasteiger partial charge in [-0.1, -0.05) is 35.9 Å². The summed E-state index contributed by atoms with van der Waals surface area (Å²) in [5.41, 5.74) is 5.51. The lowest BCUT2D eigenvalue weighted by molar-refractivity contribution is 0.174. The van der Waals surface area contributed by atoms with Crippen molar-refractivity contribution in [2.45, 2.75) is 26.9 Å². The van der Waals surface area contributed by atoms with Gasteiger partial charge in [-0.3, -0.25) is 4.79 Å². The van der Waals surface area contributed by atoms with Gasteiger partial charge in [-0.2, -0.15) is 0 Å². The molecule has 0 radical (unpaired) electrons. The van der Waals surface area contributed by atoms with Gasteiger partial charge >= 0.3 is 0 Å². The summed E-state index contributed by atoms with van der Waals surface area (Å²) >= 11 is 5.78. The number of thiocarbonyl (C=S) groups is 1. The van der Waals surface area contributed by atoms with E-state index in [2.05, 4.69) is 29.4 Å². The lowest BCUT2D eigenvalue weighted by Crippen LogP contribution is -2.35. The highest BCUT2D eigenvalue weighted by Gasteiger charge is 2.18. The molecular formula is C27H25N3O3S. The molecule has 0 fully saturated rings. The van der Waals surface area contributed by atoms with Gasteiger partial charge in [0, 0.05) is 17.8 Å². The molecule has 4 aromatic rings. The molecule has 1 aliphatic heterocycles. The van der Waals surface area contributed by atoms with E-state index in [1.54, 1.807) is 0 Å². The molecule has 0 atom stereocenters. The minimum absolute atomic E-state index is 0.113. The third-order valence-corrected chi connectivity index (χ3v) is 6.21. The Bertz CT molecular complexity index is 1430. The predicted octanol–water partition coefficient (Wildman–Crippen LogP) is 5.27. The van der Waals surface area contributed by atoms with Crippen molar-refractivity contribution in [1.82, 2.24) is 9.88 Å². The number of fused-ring (bicyclic) bond motifs is 2. The first-order valence-electron chi connectivity index (χ1n) is 11.1. The van der Waals surface area contributed by atoms with E-state index >= 15 is 0 Å². The van der Waals surface area contributed by atoms with Gasteiger partial charge in [0.05, 0.1) is 12.1 Å². The van der Waals surface area contributed by atoms with Gasteiger partial charge in [0.15, 0.2) is 16.6 Å². The van der Waals surface area contributed by atoms with Crippen LogP contribution in [-0.2, 0) is 13.1 Å². The van der Waals surface area contributed by atoms with Gasteiger partial charge in [0.2, 0.25) is 6.79 Å². The Labute approximate surface area is 203 Å². The Balaban J connectivity index is 1.48. The van der Waals surface area contributed by atoms with E-state index in [0.717, 1.165) is 39.0 Å². The van der Waals surface area contributed by atoms with Crippen molar-refractivity contribution < 1.29 is 9.47 Å². The maximum Gasteiger partial charge on any atom is 0.253 e. The molecule has 6 nitrogen and oxygen atoms in total. The molecule has 0 spiro atoms. The van der Waals surface area contributed by atoms with Gasteiger partial charge in [0.1, 0.15) is 0 Å².